The zero-order valence-electron chi connectivity index (χ0n) is 20.8. The second-order valence-corrected chi connectivity index (χ2v) is 9.66. The monoisotopic (exact) mass is 568 g/mol. The first-order chi connectivity index (χ1) is 18.9. The number of aliphatic hydroxyl groups is 6. The Balaban J connectivity index is 1.51. The van der Waals surface area contributed by atoms with Gasteiger partial charge in [-0.05, 0) is 19.1 Å². The van der Waals surface area contributed by atoms with Crippen LogP contribution in [0.15, 0.2) is 33.5 Å². The first-order valence-electron chi connectivity index (χ1n) is 12.2. The Morgan fingerprint density at radius 3 is 2.27 bits per heavy atom. The Labute approximate surface area is 224 Å². The van der Waals surface area contributed by atoms with E-state index in [0.29, 0.717) is 0 Å². The topological polar surface area (TPSA) is 249 Å². The zero-order chi connectivity index (χ0) is 29.0. The van der Waals surface area contributed by atoms with Crippen LogP contribution in [-0.2, 0) is 14.2 Å². The molecule has 40 heavy (non-hydrogen) atoms. The zero-order valence-corrected chi connectivity index (χ0v) is 20.8. The predicted octanol–water partition coefficient (Wildman–Crippen LogP) is -1.91. The van der Waals surface area contributed by atoms with Crippen LogP contribution in [0.1, 0.15) is 6.92 Å². The molecule has 0 saturated carbocycles. The number of aromatic hydroxyl groups is 3. The molecule has 2 aliphatic rings. The molecule has 10 atom stereocenters. The van der Waals surface area contributed by atoms with Gasteiger partial charge in [-0.25, -0.2) is 0 Å². The average Bonchev–Trinajstić information content (AvgIpc) is 2.92. The molecule has 0 radical (unpaired) electrons. The van der Waals surface area contributed by atoms with Gasteiger partial charge in [0.05, 0.1) is 18.1 Å². The first kappa shape index (κ1) is 28.3. The summed E-state index contributed by atoms with van der Waals surface area (Å²) in [7, 11) is 0. The lowest BCUT2D eigenvalue weighted by atomic mass is 9.97. The van der Waals surface area contributed by atoms with E-state index in [0.717, 1.165) is 18.2 Å². The fourth-order valence-corrected chi connectivity index (χ4v) is 4.75. The summed E-state index contributed by atoms with van der Waals surface area (Å²) < 4.78 is 27.9. The van der Waals surface area contributed by atoms with Gasteiger partial charge in [-0.15, -0.1) is 0 Å². The Morgan fingerprint density at radius 2 is 1.57 bits per heavy atom. The van der Waals surface area contributed by atoms with Gasteiger partial charge in [-0.3, -0.25) is 4.79 Å². The van der Waals surface area contributed by atoms with Crippen LogP contribution in [0.5, 0.6) is 23.0 Å². The average molecular weight is 568 g/mol. The fraction of sp³-hybridized carbons (Fsp3) is 0.480. The molecule has 15 heteroatoms. The minimum absolute atomic E-state index is 0.119. The van der Waals surface area contributed by atoms with Crippen molar-refractivity contribution in [3.05, 3.63) is 34.5 Å². The van der Waals surface area contributed by atoms with E-state index >= 15 is 0 Å². The molecule has 218 valence electrons. The maximum Gasteiger partial charge on any atom is 0.229 e. The van der Waals surface area contributed by atoms with Crippen molar-refractivity contribution >= 4 is 21.9 Å². The molecule has 15 nitrogen and oxygen atoms in total. The predicted molar refractivity (Wildman–Crippen MR) is 131 cm³/mol. The molecule has 0 spiro atoms. The molecule has 1 aromatic heterocycles. The summed E-state index contributed by atoms with van der Waals surface area (Å²) in [4.78, 5) is 13.0. The lowest BCUT2D eigenvalue weighted by molar-refractivity contribution is -0.354. The maximum atomic E-state index is 13.0. The third-order valence-corrected chi connectivity index (χ3v) is 7.03. The molecule has 9 N–H and O–H groups in total. The number of benzene rings is 2. The van der Waals surface area contributed by atoms with E-state index in [4.69, 9.17) is 23.4 Å². The van der Waals surface area contributed by atoms with Crippen molar-refractivity contribution in [3.63, 3.8) is 0 Å². The molecule has 0 aliphatic carbocycles. The Kier molecular flexibility index (Phi) is 7.51. The van der Waals surface area contributed by atoms with Gasteiger partial charge in [-0.2, -0.15) is 0 Å². The second kappa shape index (κ2) is 10.6. The molecule has 2 saturated heterocycles. The third-order valence-electron chi connectivity index (χ3n) is 7.03. The summed E-state index contributed by atoms with van der Waals surface area (Å²) in [6.45, 7) is 0.656. The number of hydrogen-bond acceptors (Lipinski definition) is 15. The summed E-state index contributed by atoms with van der Waals surface area (Å²) in [6.07, 6.45) is -15.6. The highest BCUT2D eigenvalue weighted by molar-refractivity contribution is 5.96. The quantitative estimate of drug-likeness (QED) is 0.120. The van der Waals surface area contributed by atoms with Crippen LogP contribution in [-0.4, -0.2) is 114 Å². The lowest BCUT2D eigenvalue weighted by Crippen LogP contribution is -2.64. The molecule has 2 aromatic carbocycles. The number of hydrogen-bond donors (Lipinski definition) is 9. The van der Waals surface area contributed by atoms with E-state index in [-0.39, 0.29) is 27.7 Å². The minimum Gasteiger partial charge on any atom is -0.507 e. The summed E-state index contributed by atoms with van der Waals surface area (Å²) in [5.74, 6) is -2.08. The van der Waals surface area contributed by atoms with E-state index in [1.54, 1.807) is 0 Å². The largest absolute Gasteiger partial charge is 0.507 e. The lowest BCUT2D eigenvalue weighted by Gasteiger charge is -2.45. The van der Waals surface area contributed by atoms with Gasteiger partial charge in [0.15, 0.2) is 23.7 Å². The number of phenols is 3. The van der Waals surface area contributed by atoms with Gasteiger partial charge < -0.3 is 69.3 Å². The number of fused-ring (bicyclic) bond motifs is 2. The molecule has 0 bridgehead atoms. The number of ether oxygens (including phenoxy) is 4. The molecule has 3 heterocycles. The molecule has 2 aliphatic heterocycles. The summed E-state index contributed by atoms with van der Waals surface area (Å²) >= 11 is 0. The highest BCUT2D eigenvalue weighted by atomic mass is 16.8. The van der Waals surface area contributed by atoms with Crippen LogP contribution >= 0.6 is 0 Å². The molecule has 0 unspecified atom stereocenters. The minimum atomic E-state index is -1.79. The highest BCUT2D eigenvalue weighted by Gasteiger charge is 2.50. The van der Waals surface area contributed by atoms with E-state index in [9.17, 15) is 50.8 Å². The van der Waals surface area contributed by atoms with E-state index < -0.39 is 90.7 Å². The first-order valence-corrected chi connectivity index (χ1v) is 12.2. The van der Waals surface area contributed by atoms with Crippen LogP contribution in [0.25, 0.3) is 21.9 Å². The van der Waals surface area contributed by atoms with Gasteiger partial charge in [0, 0.05) is 12.1 Å². The normalized spacial score (nSPS) is 34.8. The van der Waals surface area contributed by atoms with Crippen molar-refractivity contribution in [3.8, 4) is 23.0 Å². The Bertz CT molecular complexity index is 1460. The van der Waals surface area contributed by atoms with Crippen LogP contribution < -0.4 is 10.2 Å². The Hall–Kier alpha value is -3.25. The van der Waals surface area contributed by atoms with E-state index in [1.165, 1.54) is 13.0 Å². The summed E-state index contributed by atoms with van der Waals surface area (Å²) in [5, 5.41) is 91.4. The van der Waals surface area contributed by atoms with Crippen LogP contribution in [0.2, 0.25) is 0 Å². The SMILES string of the molecule is C[C@@H]1O[C@@H](O[C@H]2[C@H](Oc3cc(O)c4c(=O)c5ccc(O)c(O)c5oc4c3)O[C@H](CO)[C@@H](O)[C@@H]2O)[C@H](O)[C@H](O)[C@H]1O. The second-order valence-electron chi connectivity index (χ2n) is 9.66. The van der Waals surface area contributed by atoms with Crippen molar-refractivity contribution < 1.29 is 69.3 Å². The number of rotatable bonds is 5. The van der Waals surface area contributed by atoms with Crippen molar-refractivity contribution in [2.24, 2.45) is 0 Å². The molecule has 2 fully saturated rings. The van der Waals surface area contributed by atoms with E-state index in [2.05, 4.69) is 0 Å². The van der Waals surface area contributed by atoms with Gasteiger partial charge in [0.1, 0.15) is 59.1 Å². The fourth-order valence-electron chi connectivity index (χ4n) is 4.75. The van der Waals surface area contributed by atoms with Gasteiger partial charge in [-0.1, -0.05) is 0 Å². The van der Waals surface area contributed by atoms with Crippen LogP contribution in [0, 0.1) is 0 Å². The molecular weight excluding hydrogens is 540 g/mol. The molecular formula is C25H28O15. The Morgan fingerprint density at radius 1 is 0.850 bits per heavy atom. The summed E-state index contributed by atoms with van der Waals surface area (Å²) in [5.41, 5.74) is -1.35. The van der Waals surface area contributed by atoms with E-state index in [1.807, 2.05) is 0 Å². The standard InChI is InChI=1S/C25H28O15/c1-7-15(29)19(33)21(35)24(36-7)40-23-20(34)18(32)13(6-26)39-25(23)37-8-4-11(28)14-12(5-8)38-22-9(16(14)30)2-3-10(27)17(22)31/h2-5,7,13,15,18-21,23-29,31-35H,6H2,1H3/t7-,13+,15-,18+,19+,20-,21+,23+,24-,25+/m0/s1. The van der Waals surface area contributed by atoms with Crippen molar-refractivity contribution in [1.82, 2.24) is 0 Å². The molecule has 3 aromatic rings. The maximum absolute atomic E-state index is 13.0. The van der Waals surface area contributed by atoms with Crippen molar-refractivity contribution in [1.29, 1.82) is 0 Å². The summed E-state index contributed by atoms with van der Waals surface area (Å²) in [6, 6.07) is 4.45. The third kappa shape index (κ3) is 4.70. The number of phenolic OH excluding ortho intramolecular Hbond substituents is 3. The van der Waals surface area contributed by atoms with Gasteiger partial charge in [0.25, 0.3) is 0 Å². The van der Waals surface area contributed by atoms with Crippen molar-refractivity contribution in [2.45, 2.75) is 68.3 Å². The van der Waals surface area contributed by atoms with Crippen LogP contribution in [0.4, 0.5) is 0 Å². The van der Waals surface area contributed by atoms with Gasteiger partial charge in [0.2, 0.25) is 17.5 Å². The van der Waals surface area contributed by atoms with Crippen molar-refractivity contribution in [2.75, 3.05) is 6.61 Å². The molecule has 0 amide bonds. The number of aliphatic hydroxyl groups excluding tert-OH is 6. The molecule has 5 rings (SSSR count). The van der Waals surface area contributed by atoms with Crippen LogP contribution in [0.3, 0.4) is 0 Å². The highest BCUT2D eigenvalue weighted by Crippen LogP contribution is 2.38. The van der Waals surface area contributed by atoms with Gasteiger partial charge >= 0.3 is 0 Å². The smallest absolute Gasteiger partial charge is 0.229 e.